The van der Waals surface area contributed by atoms with Gasteiger partial charge in [0.1, 0.15) is 5.75 Å². The van der Waals surface area contributed by atoms with Gasteiger partial charge >= 0.3 is 11.9 Å². The number of carbonyl (C=O) groups is 2. The summed E-state index contributed by atoms with van der Waals surface area (Å²) in [4.78, 5) is 24.4. The quantitative estimate of drug-likeness (QED) is 0.249. The standard InChI is InChI=1S/C25H32O4/c1-4-5-6-7-8-9-10-17-28-24(26)21-12-14-22(15-13-21)25(27)29-23-16-11-19(2)20(3)18-23/h11-16,18H,4-10,17H2,1-3H3. The molecule has 0 aromatic heterocycles. The SMILES string of the molecule is CCCCCCCCCOC(=O)c1ccc(C(=O)Oc2ccc(C)c(C)c2)cc1. The first kappa shape index (κ1) is 22.7. The first-order valence-corrected chi connectivity index (χ1v) is 10.6. The minimum Gasteiger partial charge on any atom is -0.462 e. The van der Waals surface area contributed by atoms with Crippen molar-refractivity contribution in [2.45, 2.75) is 65.7 Å². The maximum absolute atomic E-state index is 12.3. The summed E-state index contributed by atoms with van der Waals surface area (Å²) in [6.45, 7) is 6.62. The Bertz CT molecular complexity index is 793. The van der Waals surface area contributed by atoms with Gasteiger partial charge in [0, 0.05) is 0 Å². The molecule has 0 aliphatic carbocycles. The molecule has 156 valence electrons. The van der Waals surface area contributed by atoms with Gasteiger partial charge in [-0.05, 0) is 67.8 Å². The van der Waals surface area contributed by atoms with E-state index in [1.807, 2.05) is 26.0 Å². The molecule has 0 radical (unpaired) electrons. The van der Waals surface area contributed by atoms with Crippen LogP contribution in [0, 0.1) is 13.8 Å². The van der Waals surface area contributed by atoms with Gasteiger partial charge in [-0.1, -0.05) is 51.5 Å². The predicted octanol–water partition coefficient (Wildman–Crippen LogP) is 6.43. The average molecular weight is 397 g/mol. The normalized spacial score (nSPS) is 10.6. The Morgan fingerprint density at radius 2 is 1.31 bits per heavy atom. The third-order valence-corrected chi connectivity index (χ3v) is 5.03. The fourth-order valence-electron chi connectivity index (χ4n) is 2.99. The molecule has 0 fully saturated rings. The maximum atomic E-state index is 12.3. The number of unbranched alkanes of at least 4 members (excludes halogenated alkanes) is 6. The molecule has 0 spiro atoms. The van der Waals surface area contributed by atoms with Crippen LogP contribution in [0.25, 0.3) is 0 Å². The Morgan fingerprint density at radius 1 is 0.724 bits per heavy atom. The smallest absolute Gasteiger partial charge is 0.343 e. The Labute approximate surface area is 174 Å². The van der Waals surface area contributed by atoms with Crippen LogP contribution in [0.4, 0.5) is 0 Å². The van der Waals surface area contributed by atoms with Crippen LogP contribution in [0.1, 0.15) is 83.7 Å². The predicted molar refractivity (Wildman–Crippen MR) is 116 cm³/mol. The van der Waals surface area contributed by atoms with Crippen molar-refractivity contribution in [1.82, 2.24) is 0 Å². The van der Waals surface area contributed by atoms with Crippen LogP contribution in [0.15, 0.2) is 42.5 Å². The lowest BCUT2D eigenvalue weighted by Gasteiger charge is -2.08. The Kier molecular flexibility index (Phi) is 9.42. The van der Waals surface area contributed by atoms with Gasteiger partial charge in [-0.15, -0.1) is 0 Å². The van der Waals surface area contributed by atoms with E-state index < -0.39 is 5.97 Å². The molecule has 0 heterocycles. The highest BCUT2D eigenvalue weighted by atomic mass is 16.5. The minimum atomic E-state index is -0.448. The van der Waals surface area contributed by atoms with Gasteiger partial charge in [-0.2, -0.15) is 0 Å². The highest BCUT2D eigenvalue weighted by molar-refractivity contribution is 5.94. The van der Waals surface area contributed by atoms with E-state index in [-0.39, 0.29) is 5.97 Å². The van der Waals surface area contributed by atoms with Crippen molar-refractivity contribution >= 4 is 11.9 Å². The van der Waals surface area contributed by atoms with Crippen molar-refractivity contribution in [1.29, 1.82) is 0 Å². The maximum Gasteiger partial charge on any atom is 0.343 e. The van der Waals surface area contributed by atoms with Gasteiger partial charge in [0.15, 0.2) is 0 Å². The summed E-state index contributed by atoms with van der Waals surface area (Å²) in [5.74, 6) is -0.294. The second-order valence-corrected chi connectivity index (χ2v) is 7.47. The number of esters is 2. The van der Waals surface area contributed by atoms with Gasteiger partial charge < -0.3 is 9.47 Å². The zero-order chi connectivity index (χ0) is 21.1. The van der Waals surface area contributed by atoms with Gasteiger partial charge in [-0.25, -0.2) is 9.59 Å². The molecule has 2 aromatic carbocycles. The lowest BCUT2D eigenvalue weighted by Crippen LogP contribution is -2.10. The van der Waals surface area contributed by atoms with Crippen molar-refractivity contribution in [3.63, 3.8) is 0 Å². The van der Waals surface area contributed by atoms with E-state index in [4.69, 9.17) is 9.47 Å². The molecule has 29 heavy (non-hydrogen) atoms. The van der Waals surface area contributed by atoms with Crippen LogP contribution in [-0.2, 0) is 4.74 Å². The zero-order valence-corrected chi connectivity index (χ0v) is 17.8. The van der Waals surface area contributed by atoms with Crippen molar-refractivity contribution in [3.8, 4) is 5.75 Å². The Balaban J connectivity index is 1.76. The minimum absolute atomic E-state index is 0.356. The lowest BCUT2D eigenvalue weighted by molar-refractivity contribution is 0.0497. The largest absolute Gasteiger partial charge is 0.462 e. The summed E-state index contributed by atoms with van der Waals surface area (Å²) in [5, 5.41) is 0. The first-order valence-electron chi connectivity index (χ1n) is 10.6. The van der Waals surface area contributed by atoms with Crippen LogP contribution in [0.2, 0.25) is 0 Å². The molecule has 0 saturated carbocycles. The van der Waals surface area contributed by atoms with Crippen LogP contribution in [0.3, 0.4) is 0 Å². The second kappa shape index (κ2) is 12.1. The van der Waals surface area contributed by atoms with E-state index in [1.165, 1.54) is 32.1 Å². The number of carbonyl (C=O) groups excluding carboxylic acids is 2. The van der Waals surface area contributed by atoms with Crippen molar-refractivity contribution in [2.24, 2.45) is 0 Å². The monoisotopic (exact) mass is 396 g/mol. The molecular formula is C25H32O4. The molecule has 0 atom stereocenters. The molecular weight excluding hydrogens is 364 g/mol. The van der Waals surface area contributed by atoms with Gasteiger partial charge in [0.05, 0.1) is 17.7 Å². The van der Waals surface area contributed by atoms with E-state index >= 15 is 0 Å². The van der Waals surface area contributed by atoms with Crippen LogP contribution in [-0.4, -0.2) is 18.5 Å². The molecule has 0 aliphatic heterocycles. The average Bonchev–Trinajstić information content (AvgIpc) is 2.72. The molecule has 2 rings (SSSR count). The lowest BCUT2D eigenvalue weighted by atomic mass is 10.1. The zero-order valence-electron chi connectivity index (χ0n) is 17.8. The van der Waals surface area contributed by atoms with E-state index in [0.717, 1.165) is 24.0 Å². The van der Waals surface area contributed by atoms with Crippen LogP contribution < -0.4 is 4.74 Å². The van der Waals surface area contributed by atoms with Crippen LogP contribution in [0.5, 0.6) is 5.75 Å². The van der Waals surface area contributed by atoms with Crippen LogP contribution >= 0.6 is 0 Å². The van der Waals surface area contributed by atoms with E-state index in [0.29, 0.717) is 23.5 Å². The summed E-state index contributed by atoms with van der Waals surface area (Å²) in [7, 11) is 0. The number of benzene rings is 2. The van der Waals surface area contributed by atoms with E-state index in [9.17, 15) is 9.59 Å². The second-order valence-electron chi connectivity index (χ2n) is 7.47. The van der Waals surface area contributed by atoms with Crippen molar-refractivity contribution in [3.05, 3.63) is 64.7 Å². The third-order valence-electron chi connectivity index (χ3n) is 5.03. The molecule has 0 bridgehead atoms. The van der Waals surface area contributed by atoms with Gasteiger partial charge in [0.2, 0.25) is 0 Å². The van der Waals surface area contributed by atoms with E-state index in [2.05, 4.69) is 6.92 Å². The van der Waals surface area contributed by atoms with Gasteiger partial charge in [-0.3, -0.25) is 0 Å². The highest BCUT2D eigenvalue weighted by Gasteiger charge is 2.12. The Morgan fingerprint density at radius 3 is 1.93 bits per heavy atom. The summed E-state index contributed by atoms with van der Waals surface area (Å²) >= 11 is 0. The fraction of sp³-hybridized carbons (Fsp3) is 0.440. The molecule has 0 saturated heterocycles. The fourth-order valence-corrected chi connectivity index (χ4v) is 2.99. The third kappa shape index (κ3) is 7.72. The molecule has 2 aromatic rings. The van der Waals surface area contributed by atoms with Gasteiger partial charge in [0.25, 0.3) is 0 Å². The first-order chi connectivity index (χ1) is 14.0. The Hall–Kier alpha value is -2.62. The van der Waals surface area contributed by atoms with Crippen molar-refractivity contribution in [2.75, 3.05) is 6.61 Å². The molecule has 0 amide bonds. The number of rotatable bonds is 11. The molecule has 4 heteroatoms. The summed E-state index contributed by atoms with van der Waals surface area (Å²) < 4.78 is 10.7. The molecule has 0 unspecified atom stereocenters. The number of aryl methyl sites for hydroxylation is 2. The van der Waals surface area contributed by atoms with Crippen molar-refractivity contribution < 1.29 is 19.1 Å². The molecule has 0 N–H and O–H groups in total. The number of ether oxygens (including phenoxy) is 2. The van der Waals surface area contributed by atoms with E-state index in [1.54, 1.807) is 30.3 Å². The topological polar surface area (TPSA) is 52.6 Å². The summed E-state index contributed by atoms with van der Waals surface area (Å²) in [6.07, 6.45) is 8.24. The summed E-state index contributed by atoms with van der Waals surface area (Å²) in [5.41, 5.74) is 3.04. The highest BCUT2D eigenvalue weighted by Crippen LogP contribution is 2.18. The molecule has 4 nitrogen and oxygen atoms in total. The molecule has 0 aliphatic rings. The summed E-state index contributed by atoms with van der Waals surface area (Å²) in [6, 6.07) is 11.9. The number of hydrogen-bond acceptors (Lipinski definition) is 4. The number of hydrogen-bond donors (Lipinski definition) is 0.